The van der Waals surface area contributed by atoms with Crippen LogP contribution in [0.15, 0.2) is 48.7 Å². The van der Waals surface area contributed by atoms with Gasteiger partial charge in [0.05, 0.1) is 6.54 Å². The number of aliphatic carboxylic acids is 1. The van der Waals surface area contributed by atoms with Gasteiger partial charge >= 0.3 is 5.97 Å². The smallest absolute Gasteiger partial charge is 0.328 e. The highest BCUT2D eigenvalue weighted by Gasteiger charge is 2.21. The van der Waals surface area contributed by atoms with Crippen molar-refractivity contribution in [1.29, 1.82) is 0 Å². The molecule has 8 heteroatoms. The first-order chi connectivity index (χ1) is 12.5. The van der Waals surface area contributed by atoms with Crippen LogP contribution in [-0.2, 0) is 11.3 Å². The molecule has 3 rings (SSSR count). The lowest BCUT2D eigenvalue weighted by Gasteiger charge is -2.10. The Labute approximate surface area is 150 Å². The zero-order valence-electron chi connectivity index (χ0n) is 14.5. The Morgan fingerprint density at radius 3 is 2.65 bits per heavy atom. The van der Waals surface area contributed by atoms with Crippen molar-refractivity contribution in [3.05, 3.63) is 65.6 Å². The summed E-state index contributed by atoms with van der Waals surface area (Å²) in [6.45, 7) is 3.96. The number of anilines is 1. The van der Waals surface area contributed by atoms with Gasteiger partial charge in [-0.15, -0.1) is 0 Å². The fourth-order valence-electron chi connectivity index (χ4n) is 2.58. The number of nitrogens with zero attached hydrogens (tertiary/aromatic N) is 4. The molecular formula is C18H19N5O3. The summed E-state index contributed by atoms with van der Waals surface area (Å²) in [6, 6.07) is 12.2. The van der Waals surface area contributed by atoms with Crippen LogP contribution in [0.25, 0.3) is 0 Å². The summed E-state index contributed by atoms with van der Waals surface area (Å²) in [5.74, 6) is -1.12. The van der Waals surface area contributed by atoms with Gasteiger partial charge in [-0.05, 0) is 25.5 Å². The molecule has 1 atom stereocenters. The molecule has 1 aromatic carbocycles. The molecule has 3 aromatic rings. The van der Waals surface area contributed by atoms with Crippen LogP contribution in [0.2, 0.25) is 0 Å². The van der Waals surface area contributed by atoms with Crippen molar-refractivity contribution in [2.75, 3.05) is 5.32 Å². The zero-order valence-corrected chi connectivity index (χ0v) is 14.5. The number of carboxylic acids is 1. The van der Waals surface area contributed by atoms with Gasteiger partial charge in [-0.3, -0.25) is 9.48 Å². The van der Waals surface area contributed by atoms with E-state index in [2.05, 4.69) is 15.5 Å². The van der Waals surface area contributed by atoms with Gasteiger partial charge in [0.15, 0.2) is 5.82 Å². The van der Waals surface area contributed by atoms with E-state index in [1.54, 1.807) is 10.7 Å². The Balaban J connectivity index is 1.76. The quantitative estimate of drug-likeness (QED) is 0.708. The highest BCUT2D eigenvalue weighted by Crippen LogP contribution is 2.14. The molecule has 1 unspecified atom stereocenters. The number of amides is 1. The number of carbonyl (C=O) groups excluding carboxylic acids is 1. The number of hydrogen-bond acceptors (Lipinski definition) is 4. The number of carboxylic acid groups (broad SMARTS) is 1. The third-order valence-electron chi connectivity index (χ3n) is 4.03. The maximum atomic E-state index is 12.5. The fourth-order valence-corrected chi connectivity index (χ4v) is 2.58. The molecule has 0 saturated carbocycles. The highest BCUT2D eigenvalue weighted by atomic mass is 16.4. The number of nitrogens with one attached hydrogen (secondary N) is 1. The molecule has 2 aromatic heterocycles. The van der Waals surface area contributed by atoms with Gasteiger partial charge in [-0.2, -0.15) is 10.2 Å². The molecule has 0 aliphatic heterocycles. The molecule has 0 bridgehead atoms. The SMILES string of the molecule is Cc1cc(NC(=O)c2ccnn2C(C)C(=O)O)nn1Cc1ccccc1. The summed E-state index contributed by atoms with van der Waals surface area (Å²) >= 11 is 0. The maximum Gasteiger partial charge on any atom is 0.328 e. The second-order valence-corrected chi connectivity index (χ2v) is 5.94. The Kier molecular flexibility index (Phi) is 4.83. The monoisotopic (exact) mass is 353 g/mol. The minimum Gasteiger partial charge on any atom is -0.480 e. The van der Waals surface area contributed by atoms with E-state index in [9.17, 15) is 9.59 Å². The van der Waals surface area contributed by atoms with Crippen molar-refractivity contribution >= 4 is 17.7 Å². The van der Waals surface area contributed by atoms with Crippen molar-refractivity contribution < 1.29 is 14.7 Å². The number of aromatic nitrogens is 4. The summed E-state index contributed by atoms with van der Waals surface area (Å²) in [6.07, 6.45) is 1.40. The molecule has 26 heavy (non-hydrogen) atoms. The van der Waals surface area contributed by atoms with E-state index in [4.69, 9.17) is 5.11 Å². The Hall–Kier alpha value is -3.42. The minimum atomic E-state index is -1.06. The Morgan fingerprint density at radius 1 is 1.23 bits per heavy atom. The predicted molar refractivity (Wildman–Crippen MR) is 95.0 cm³/mol. The summed E-state index contributed by atoms with van der Waals surface area (Å²) in [4.78, 5) is 23.6. The summed E-state index contributed by atoms with van der Waals surface area (Å²) in [5.41, 5.74) is 2.16. The van der Waals surface area contributed by atoms with Crippen LogP contribution in [0.3, 0.4) is 0 Å². The molecule has 0 radical (unpaired) electrons. The van der Waals surface area contributed by atoms with Gasteiger partial charge in [-0.1, -0.05) is 30.3 Å². The molecule has 1 amide bonds. The summed E-state index contributed by atoms with van der Waals surface area (Å²) < 4.78 is 2.97. The third kappa shape index (κ3) is 3.64. The average molecular weight is 353 g/mol. The standard InChI is InChI=1S/C18H19N5O3/c1-12-10-16(21-22(12)11-14-6-4-3-5-7-14)20-17(24)15-8-9-19-23(15)13(2)18(25)26/h3-10,13H,11H2,1-2H3,(H,25,26)(H,20,21,24). The van der Waals surface area contributed by atoms with E-state index in [0.29, 0.717) is 12.4 Å². The highest BCUT2D eigenvalue weighted by molar-refractivity contribution is 6.02. The molecule has 2 N–H and O–H groups in total. The van der Waals surface area contributed by atoms with Crippen LogP contribution in [0.4, 0.5) is 5.82 Å². The number of carbonyl (C=O) groups is 2. The molecule has 8 nitrogen and oxygen atoms in total. The largest absolute Gasteiger partial charge is 0.480 e. The molecule has 2 heterocycles. The topological polar surface area (TPSA) is 102 Å². The van der Waals surface area contributed by atoms with E-state index in [1.165, 1.54) is 23.9 Å². The van der Waals surface area contributed by atoms with Crippen molar-refractivity contribution in [3.8, 4) is 0 Å². The van der Waals surface area contributed by atoms with E-state index in [-0.39, 0.29) is 5.69 Å². The average Bonchev–Trinajstić information content (AvgIpc) is 3.22. The number of rotatable bonds is 6. The van der Waals surface area contributed by atoms with Gasteiger partial charge in [0.25, 0.3) is 5.91 Å². The summed E-state index contributed by atoms with van der Waals surface area (Å²) in [5, 5.41) is 20.2. The lowest BCUT2D eigenvalue weighted by Crippen LogP contribution is -2.24. The molecule has 134 valence electrons. The van der Waals surface area contributed by atoms with E-state index < -0.39 is 17.9 Å². The zero-order chi connectivity index (χ0) is 18.7. The number of benzene rings is 1. The molecule has 0 aliphatic rings. The lowest BCUT2D eigenvalue weighted by molar-refractivity contribution is -0.140. The first kappa shape index (κ1) is 17.4. The predicted octanol–water partition coefficient (Wildman–Crippen LogP) is 2.33. The van der Waals surface area contributed by atoms with Crippen LogP contribution in [0.1, 0.15) is 34.7 Å². The fraction of sp³-hybridized carbons (Fsp3) is 0.222. The second-order valence-electron chi connectivity index (χ2n) is 5.94. The maximum absolute atomic E-state index is 12.5. The Bertz CT molecular complexity index is 929. The van der Waals surface area contributed by atoms with Gasteiger partial charge < -0.3 is 10.4 Å². The first-order valence-corrected chi connectivity index (χ1v) is 8.11. The van der Waals surface area contributed by atoms with Crippen molar-refractivity contribution in [2.24, 2.45) is 0 Å². The van der Waals surface area contributed by atoms with Crippen LogP contribution < -0.4 is 5.32 Å². The second kappa shape index (κ2) is 7.22. The molecular weight excluding hydrogens is 334 g/mol. The van der Waals surface area contributed by atoms with E-state index in [0.717, 1.165) is 11.3 Å². The lowest BCUT2D eigenvalue weighted by atomic mass is 10.2. The normalized spacial score (nSPS) is 11.9. The van der Waals surface area contributed by atoms with Gasteiger partial charge in [0, 0.05) is 18.0 Å². The van der Waals surface area contributed by atoms with Crippen molar-refractivity contribution in [3.63, 3.8) is 0 Å². The van der Waals surface area contributed by atoms with Gasteiger partial charge in [-0.25, -0.2) is 9.48 Å². The van der Waals surface area contributed by atoms with Crippen molar-refractivity contribution in [2.45, 2.75) is 26.4 Å². The van der Waals surface area contributed by atoms with E-state index >= 15 is 0 Å². The molecule has 0 fully saturated rings. The van der Waals surface area contributed by atoms with Crippen LogP contribution >= 0.6 is 0 Å². The Morgan fingerprint density at radius 2 is 1.96 bits per heavy atom. The van der Waals surface area contributed by atoms with Crippen LogP contribution in [0, 0.1) is 6.92 Å². The molecule has 0 saturated heterocycles. The molecule has 0 aliphatic carbocycles. The number of hydrogen-bond donors (Lipinski definition) is 2. The van der Waals surface area contributed by atoms with E-state index in [1.807, 2.05) is 37.3 Å². The summed E-state index contributed by atoms with van der Waals surface area (Å²) in [7, 11) is 0. The van der Waals surface area contributed by atoms with Crippen LogP contribution in [-0.4, -0.2) is 36.5 Å². The molecule has 0 spiro atoms. The number of aryl methyl sites for hydroxylation is 1. The minimum absolute atomic E-state index is 0.162. The first-order valence-electron chi connectivity index (χ1n) is 8.11. The third-order valence-corrected chi connectivity index (χ3v) is 4.03. The van der Waals surface area contributed by atoms with Crippen molar-refractivity contribution in [1.82, 2.24) is 19.6 Å². The van der Waals surface area contributed by atoms with Gasteiger partial charge in [0.1, 0.15) is 11.7 Å². The van der Waals surface area contributed by atoms with Gasteiger partial charge in [0.2, 0.25) is 0 Å². The van der Waals surface area contributed by atoms with Crippen LogP contribution in [0.5, 0.6) is 0 Å².